The highest BCUT2D eigenvalue weighted by Crippen LogP contribution is 2.21. The van der Waals surface area contributed by atoms with Crippen molar-refractivity contribution in [2.45, 2.75) is 25.0 Å². The smallest absolute Gasteiger partial charge is 0.180 e. The Hall–Kier alpha value is -0.260. The minimum atomic E-state index is 0.690. The molecule has 1 atom stereocenters. The van der Waals surface area contributed by atoms with Crippen molar-refractivity contribution in [3.8, 4) is 0 Å². The van der Waals surface area contributed by atoms with Crippen LogP contribution in [0.25, 0.3) is 0 Å². The zero-order valence-corrected chi connectivity index (χ0v) is 11.3. The lowest BCUT2D eigenvalue weighted by Gasteiger charge is -2.31. The summed E-state index contributed by atoms with van der Waals surface area (Å²) in [5, 5.41) is 3.59. The van der Waals surface area contributed by atoms with Crippen LogP contribution >= 0.6 is 23.1 Å². The van der Waals surface area contributed by atoms with Gasteiger partial charge in [-0.3, -0.25) is 0 Å². The van der Waals surface area contributed by atoms with Crippen LogP contribution in [0.5, 0.6) is 0 Å². The fourth-order valence-electron chi connectivity index (χ4n) is 1.94. The topological polar surface area (TPSA) is 42.1 Å². The van der Waals surface area contributed by atoms with E-state index in [4.69, 9.17) is 5.73 Å². The molecular formula is C11H19N3S2. The van der Waals surface area contributed by atoms with Crippen LogP contribution in [0.4, 0.5) is 5.13 Å². The zero-order chi connectivity index (χ0) is 11.4. The van der Waals surface area contributed by atoms with E-state index >= 15 is 0 Å². The predicted molar refractivity (Wildman–Crippen MR) is 73.2 cm³/mol. The summed E-state index contributed by atoms with van der Waals surface area (Å²) in [5.74, 6) is 1.28. The van der Waals surface area contributed by atoms with Crippen LogP contribution < -0.4 is 5.73 Å². The van der Waals surface area contributed by atoms with E-state index in [0.717, 1.165) is 23.9 Å². The van der Waals surface area contributed by atoms with Crippen LogP contribution in [0, 0.1) is 0 Å². The molecular weight excluding hydrogens is 238 g/mol. The van der Waals surface area contributed by atoms with Crippen molar-refractivity contribution in [1.29, 1.82) is 0 Å². The van der Waals surface area contributed by atoms with Gasteiger partial charge >= 0.3 is 0 Å². The maximum absolute atomic E-state index is 5.62. The van der Waals surface area contributed by atoms with Gasteiger partial charge < -0.3 is 10.6 Å². The molecule has 1 saturated heterocycles. The third kappa shape index (κ3) is 3.37. The summed E-state index contributed by atoms with van der Waals surface area (Å²) < 4.78 is 0. The van der Waals surface area contributed by atoms with E-state index in [2.05, 4.69) is 33.9 Å². The third-order valence-electron chi connectivity index (χ3n) is 2.93. The average molecular weight is 257 g/mol. The standard InChI is InChI=1S/C11H19N3S2/c1-2-10-7-14(5-6-15-10)4-3-9-8-16-11(12)13-9/h8,10H,2-7H2,1H3,(H2,12,13). The Bertz CT molecular complexity index is 327. The van der Waals surface area contributed by atoms with Gasteiger partial charge in [0.25, 0.3) is 0 Å². The molecule has 5 heteroatoms. The van der Waals surface area contributed by atoms with Crippen LogP contribution in [-0.4, -0.2) is 40.5 Å². The van der Waals surface area contributed by atoms with Crippen LogP contribution in [-0.2, 0) is 6.42 Å². The molecule has 1 fully saturated rings. The molecule has 2 rings (SSSR count). The first-order chi connectivity index (χ1) is 7.78. The number of anilines is 1. The average Bonchev–Trinajstić information content (AvgIpc) is 2.73. The highest BCUT2D eigenvalue weighted by Gasteiger charge is 2.18. The van der Waals surface area contributed by atoms with Gasteiger partial charge in [0.15, 0.2) is 5.13 Å². The fourth-order valence-corrected chi connectivity index (χ4v) is 3.79. The Morgan fingerprint density at radius 2 is 2.50 bits per heavy atom. The molecule has 1 aliphatic heterocycles. The second kappa shape index (κ2) is 5.89. The van der Waals surface area contributed by atoms with E-state index in [0.29, 0.717) is 5.13 Å². The minimum Gasteiger partial charge on any atom is -0.375 e. The number of nitrogens with zero attached hydrogens (tertiary/aromatic N) is 2. The van der Waals surface area contributed by atoms with Gasteiger partial charge in [-0.05, 0) is 6.42 Å². The first kappa shape index (κ1) is 12.2. The van der Waals surface area contributed by atoms with Crippen LogP contribution in [0.3, 0.4) is 0 Å². The Balaban J connectivity index is 1.77. The molecule has 16 heavy (non-hydrogen) atoms. The maximum Gasteiger partial charge on any atom is 0.180 e. The van der Waals surface area contributed by atoms with Crippen molar-refractivity contribution < 1.29 is 0 Å². The Morgan fingerprint density at radius 1 is 1.62 bits per heavy atom. The van der Waals surface area contributed by atoms with Gasteiger partial charge in [0.05, 0.1) is 5.69 Å². The molecule has 0 aliphatic carbocycles. The van der Waals surface area contributed by atoms with E-state index in [1.165, 1.54) is 25.3 Å². The second-order valence-corrected chi connectivity index (χ2v) is 6.43. The number of nitrogen functional groups attached to an aromatic ring is 1. The normalized spacial score (nSPS) is 22.4. The third-order valence-corrected chi connectivity index (χ3v) is 5.03. The van der Waals surface area contributed by atoms with Crippen molar-refractivity contribution in [2.24, 2.45) is 0 Å². The number of thiazole rings is 1. The zero-order valence-electron chi connectivity index (χ0n) is 9.69. The van der Waals surface area contributed by atoms with Gasteiger partial charge in [-0.2, -0.15) is 11.8 Å². The molecule has 2 heterocycles. The van der Waals surface area contributed by atoms with Crippen molar-refractivity contribution in [3.05, 3.63) is 11.1 Å². The molecule has 0 aromatic carbocycles. The number of thioether (sulfide) groups is 1. The van der Waals surface area contributed by atoms with Gasteiger partial charge in [0.1, 0.15) is 0 Å². The second-order valence-electron chi connectivity index (χ2n) is 4.13. The SMILES string of the molecule is CCC1CN(CCc2csc(N)n2)CCS1. The summed E-state index contributed by atoms with van der Waals surface area (Å²) in [7, 11) is 0. The van der Waals surface area contributed by atoms with E-state index in [1.54, 1.807) is 11.3 Å². The summed E-state index contributed by atoms with van der Waals surface area (Å²) in [6.45, 7) is 5.87. The fraction of sp³-hybridized carbons (Fsp3) is 0.727. The molecule has 3 nitrogen and oxygen atoms in total. The minimum absolute atomic E-state index is 0.690. The Morgan fingerprint density at radius 3 is 3.19 bits per heavy atom. The van der Waals surface area contributed by atoms with Gasteiger partial charge in [-0.25, -0.2) is 4.98 Å². The molecule has 0 radical (unpaired) electrons. The summed E-state index contributed by atoms with van der Waals surface area (Å²) in [6, 6.07) is 0. The quantitative estimate of drug-likeness (QED) is 0.897. The largest absolute Gasteiger partial charge is 0.375 e. The van der Waals surface area contributed by atoms with E-state index < -0.39 is 0 Å². The van der Waals surface area contributed by atoms with Crippen LogP contribution in [0.1, 0.15) is 19.0 Å². The maximum atomic E-state index is 5.62. The number of nitrogens with two attached hydrogens (primary N) is 1. The summed E-state index contributed by atoms with van der Waals surface area (Å²) in [4.78, 5) is 6.85. The van der Waals surface area contributed by atoms with E-state index in [-0.39, 0.29) is 0 Å². The highest BCUT2D eigenvalue weighted by atomic mass is 32.2. The first-order valence-electron chi connectivity index (χ1n) is 5.81. The van der Waals surface area contributed by atoms with Gasteiger partial charge in [-0.1, -0.05) is 6.92 Å². The summed E-state index contributed by atoms with van der Waals surface area (Å²) in [6.07, 6.45) is 2.32. The molecule has 1 unspecified atom stereocenters. The van der Waals surface area contributed by atoms with Crippen molar-refractivity contribution in [3.63, 3.8) is 0 Å². The highest BCUT2D eigenvalue weighted by molar-refractivity contribution is 8.00. The monoisotopic (exact) mass is 257 g/mol. The number of hydrogen-bond acceptors (Lipinski definition) is 5. The molecule has 0 saturated carbocycles. The molecule has 1 aliphatic rings. The first-order valence-corrected chi connectivity index (χ1v) is 7.74. The lowest BCUT2D eigenvalue weighted by molar-refractivity contribution is 0.284. The molecule has 2 N–H and O–H groups in total. The summed E-state index contributed by atoms with van der Waals surface area (Å²) >= 11 is 3.66. The van der Waals surface area contributed by atoms with Gasteiger partial charge in [-0.15, -0.1) is 11.3 Å². The number of hydrogen-bond donors (Lipinski definition) is 1. The molecule has 0 spiro atoms. The molecule has 0 amide bonds. The number of aromatic nitrogens is 1. The predicted octanol–water partition coefficient (Wildman–Crippen LogP) is 2.10. The molecule has 90 valence electrons. The summed E-state index contributed by atoms with van der Waals surface area (Å²) in [5.41, 5.74) is 6.77. The van der Waals surface area contributed by atoms with Crippen molar-refractivity contribution in [1.82, 2.24) is 9.88 Å². The Kier molecular flexibility index (Phi) is 4.49. The molecule has 1 aromatic rings. The van der Waals surface area contributed by atoms with Crippen molar-refractivity contribution in [2.75, 3.05) is 31.1 Å². The van der Waals surface area contributed by atoms with Gasteiger partial charge in [0.2, 0.25) is 0 Å². The van der Waals surface area contributed by atoms with Crippen LogP contribution in [0.15, 0.2) is 5.38 Å². The molecule has 0 bridgehead atoms. The van der Waals surface area contributed by atoms with Crippen molar-refractivity contribution >= 4 is 28.2 Å². The number of rotatable bonds is 4. The van der Waals surface area contributed by atoms with E-state index in [1.807, 2.05) is 0 Å². The lowest BCUT2D eigenvalue weighted by Crippen LogP contribution is -2.38. The Labute approximate surface area is 105 Å². The lowest BCUT2D eigenvalue weighted by atomic mass is 10.2. The van der Waals surface area contributed by atoms with Gasteiger partial charge in [0, 0.05) is 42.4 Å². The molecule has 1 aromatic heterocycles. The van der Waals surface area contributed by atoms with Crippen LogP contribution in [0.2, 0.25) is 0 Å². The van der Waals surface area contributed by atoms with E-state index in [9.17, 15) is 0 Å².